The average Bonchev–Trinajstić information content (AvgIpc) is 2.38. The summed E-state index contributed by atoms with van der Waals surface area (Å²) < 4.78 is 0. The first-order valence-corrected chi connectivity index (χ1v) is 6.77. The second-order valence-corrected chi connectivity index (χ2v) is 4.24. The van der Waals surface area contributed by atoms with Crippen LogP contribution in [0.2, 0.25) is 0 Å². The van der Waals surface area contributed by atoms with Crippen molar-refractivity contribution < 1.29 is 9.59 Å². The number of unbranched alkanes of at least 4 members (excludes halogenated alkanes) is 3. The Morgan fingerprint density at radius 1 is 1.00 bits per heavy atom. The first-order valence-electron chi connectivity index (χ1n) is 6.77. The van der Waals surface area contributed by atoms with Crippen LogP contribution in [-0.2, 0) is 9.59 Å². The molecule has 0 saturated carbocycles. The molecule has 0 amide bonds. The van der Waals surface area contributed by atoms with E-state index in [2.05, 4.69) is 13.8 Å². The summed E-state index contributed by atoms with van der Waals surface area (Å²) in [5.74, 6) is 0.158. The van der Waals surface area contributed by atoms with Crippen LogP contribution in [0.5, 0.6) is 0 Å². The first-order chi connectivity index (χ1) is 8.74. The molecule has 100 valence electrons. The van der Waals surface area contributed by atoms with E-state index in [0.29, 0.717) is 6.42 Å². The van der Waals surface area contributed by atoms with Gasteiger partial charge in [-0.25, -0.2) is 0 Å². The monoisotopic (exact) mass is 248 g/mol. The predicted molar refractivity (Wildman–Crippen MR) is 76.5 cm³/mol. The number of ketones is 1. The molecule has 0 aliphatic carbocycles. The lowest BCUT2D eigenvalue weighted by molar-refractivity contribution is -0.114. The molecule has 0 rings (SSSR count). The molecule has 2 heteroatoms. The number of rotatable bonds is 10. The minimum absolute atomic E-state index is 0.158. The number of hydrogen-bond donors (Lipinski definition) is 0. The molecule has 0 aliphatic rings. The predicted octanol–water partition coefficient (Wildman–Crippen LogP) is 4.17. The zero-order valence-corrected chi connectivity index (χ0v) is 11.5. The minimum Gasteiger partial charge on any atom is -0.299 e. The Balaban J connectivity index is 4.33. The fraction of sp³-hybridized carbons (Fsp3) is 0.500. The summed E-state index contributed by atoms with van der Waals surface area (Å²) >= 11 is 0. The van der Waals surface area contributed by atoms with E-state index in [4.69, 9.17) is 0 Å². The summed E-state index contributed by atoms with van der Waals surface area (Å²) in [5.41, 5.74) is 0.924. The molecule has 0 N–H and O–H groups in total. The SMILES string of the molecule is CCCC=C(C=CC=O)C=CC(=O)CCCCC. The molecule has 0 aromatic carbocycles. The highest BCUT2D eigenvalue weighted by Gasteiger charge is 1.96. The van der Waals surface area contributed by atoms with Gasteiger partial charge in [-0.3, -0.25) is 9.59 Å². The highest BCUT2D eigenvalue weighted by molar-refractivity contribution is 5.90. The third kappa shape index (κ3) is 9.76. The Labute approximate surface area is 110 Å². The fourth-order valence-corrected chi connectivity index (χ4v) is 1.47. The van der Waals surface area contributed by atoms with Gasteiger partial charge in [0.15, 0.2) is 5.78 Å². The van der Waals surface area contributed by atoms with Gasteiger partial charge in [0.25, 0.3) is 0 Å². The van der Waals surface area contributed by atoms with E-state index in [1.807, 2.05) is 6.08 Å². The van der Waals surface area contributed by atoms with Gasteiger partial charge in [-0.15, -0.1) is 0 Å². The lowest BCUT2D eigenvalue weighted by Crippen LogP contribution is -1.92. The zero-order chi connectivity index (χ0) is 13.6. The van der Waals surface area contributed by atoms with Crippen molar-refractivity contribution in [2.45, 2.75) is 52.4 Å². The zero-order valence-electron chi connectivity index (χ0n) is 11.5. The standard InChI is InChI=1S/C16H24O2/c1-3-5-7-11-16(18)13-12-15(9-6-4-2)10-8-14-17/h8-10,12-14H,3-7,11H2,1-2H3. The van der Waals surface area contributed by atoms with Crippen molar-refractivity contribution in [2.75, 3.05) is 0 Å². The van der Waals surface area contributed by atoms with E-state index in [0.717, 1.165) is 44.0 Å². The molecule has 0 saturated heterocycles. The van der Waals surface area contributed by atoms with Gasteiger partial charge in [-0.05, 0) is 30.6 Å². The number of carbonyl (C=O) groups is 2. The molecule has 0 fully saturated rings. The molecule has 0 unspecified atom stereocenters. The molecule has 0 atom stereocenters. The van der Waals surface area contributed by atoms with Crippen LogP contribution >= 0.6 is 0 Å². The third-order valence-electron chi connectivity index (χ3n) is 2.52. The van der Waals surface area contributed by atoms with Crippen molar-refractivity contribution in [3.63, 3.8) is 0 Å². The summed E-state index contributed by atoms with van der Waals surface area (Å²) in [6.07, 6.45) is 15.2. The summed E-state index contributed by atoms with van der Waals surface area (Å²) in [7, 11) is 0. The highest BCUT2D eigenvalue weighted by atomic mass is 16.1. The van der Waals surface area contributed by atoms with Crippen molar-refractivity contribution in [1.82, 2.24) is 0 Å². The molecule has 0 heterocycles. The smallest absolute Gasteiger partial charge is 0.155 e. The largest absolute Gasteiger partial charge is 0.299 e. The van der Waals surface area contributed by atoms with Gasteiger partial charge < -0.3 is 0 Å². The molecule has 2 nitrogen and oxygen atoms in total. The Morgan fingerprint density at radius 2 is 1.78 bits per heavy atom. The van der Waals surface area contributed by atoms with Gasteiger partial charge in [0, 0.05) is 6.42 Å². The van der Waals surface area contributed by atoms with E-state index in [1.165, 1.54) is 6.08 Å². The van der Waals surface area contributed by atoms with E-state index < -0.39 is 0 Å². The topological polar surface area (TPSA) is 34.1 Å². The summed E-state index contributed by atoms with van der Waals surface area (Å²) in [6.45, 7) is 4.22. The summed E-state index contributed by atoms with van der Waals surface area (Å²) in [4.78, 5) is 21.9. The maximum atomic E-state index is 11.6. The maximum absolute atomic E-state index is 11.6. The summed E-state index contributed by atoms with van der Waals surface area (Å²) in [5, 5.41) is 0. The van der Waals surface area contributed by atoms with Crippen molar-refractivity contribution >= 4 is 12.1 Å². The normalized spacial score (nSPS) is 12.4. The van der Waals surface area contributed by atoms with Crippen LogP contribution in [0.1, 0.15) is 52.4 Å². The molecular formula is C16H24O2. The molecule has 18 heavy (non-hydrogen) atoms. The Bertz CT molecular complexity index is 322. The van der Waals surface area contributed by atoms with Gasteiger partial charge in [0.05, 0.1) is 0 Å². The maximum Gasteiger partial charge on any atom is 0.155 e. The molecular weight excluding hydrogens is 224 g/mol. The van der Waals surface area contributed by atoms with Crippen molar-refractivity contribution in [3.05, 3.63) is 36.0 Å². The number of carbonyl (C=O) groups excluding carboxylic acids is 2. The second kappa shape index (κ2) is 12.0. The number of hydrogen-bond acceptors (Lipinski definition) is 2. The van der Waals surface area contributed by atoms with Crippen LogP contribution in [0, 0.1) is 0 Å². The Hall–Kier alpha value is -1.44. The molecule has 0 radical (unpaired) electrons. The van der Waals surface area contributed by atoms with Crippen molar-refractivity contribution in [2.24, 2.45) is 0 Å². The van der Waals surface area contributed by atoms with Crippen molar-refractivity contribution in [3.8, 4) is 0 Å². The van der Waals surface area contributed by atoms with Gasteiger partial charge >= 0.3 is 0 Å². The average molecular weight is 248 g/mol. The van der Waals surface area contributed by atoms with Gasteiger partial charge in [0.2, 0.25) is 0 Å². The molecule has 0 aromatic heterocycles. The minimum atomic E-state index is 0.158. The number of allylic oxidation sites excluding steroid dienone is 6. The van der Waals surface area contributed by atoms with E-state index in [1.54, 1.807) is 18.2 Å². The molecule has 0 bridgehead atoms. The van der Waals surface area contributed by atoms with Crippen LogP contribution in [-0.4, -0.2) is 12.1 Å². The third-order valence-corrected chi connectivity index (χ3v) is 2.52. The van der Waals surface area contributed by atoms with Crippen LogP contribution in [0.15, 0.2) is 36.0 Å². The van der Waals surface area contributed by atoms with Crippen LogP contribution in [0.3, 0.4) is 0 Å². The Morgan fingerprint density at radius 3 is 2.39 bits per heavy atom. The second-order valence-electron chi connectivity index (χ2n) is 4.24. The molecule has 0 aliphatic heterocycles. The van der Waals surface area contributed by atoms with E-state index >= 15 is 0 Å². The first kappa shape index (κ1) is 16.6. The van der Waals surface area contributed by atoms with Gasteiger partial charge in [-0.2, -0.15) is 0 Å². The van der Waals surface area contributed by atoms with Crippen LogP contribution in [0.4, 0.5) is 0 Å². The van der Waals surface area contributed by atoms with Gasteiger partial charge in [0.1, 0.15) is 6.29 Å². The fourth-order valence-electron chi connectivity index (χ4n) is 1.47. The molecule has 0 spiro atoms. The van der Waals surface area contributed by atoms with Crippen molar-refractivity contribution in [1.29, 1.82) is 0 Å². The van der Waals surface area contributed by atoms with Gasteiger partial charge in [-0.1, -0.05) is 51.3 Å². The number of aldehydes is 1. The van der Waals surface area contributed by atoms with E-state index in [-0.39, 0.29) is 5.78 Å². The quantitative estimate of drug-likeness (QED) is 0.251. The van der Waals surface area contributed by atoms with Crippen LogP contribution < -0.4 is 0 Å². The lowest BCUT2D eigenvalue weighted by atomic mass is 10.1. The van der Waals surface area contributed by atoms with E-state index in [9.17, 15) is 9.59 Å². The Kier molecular flexibility index (Phi) is 11.1. The highest BCUT2D eigenvalue weighted by Crippen LogP contribution is 2.05. The lowest BCUT2D eigenvalue weighted by Gasteiger charge is -1.96. The summed E-state index contributed by atoms with van der Waals surface area (Å²) in [6, 6.07) is 0. The van der Waals surface area contributed by atoms with Crippen LogP contribution in [0.25, 0.3) is 0 Å². The molecule has 0 aromatic rings.